The fourth-order valence-electron chi connectivity index (χ4n) is 4.04. The van der Waals surface area contributed by atoms with Crippen molar-refractivity contribution in [2.45, 2.75) is 20.5 Å². The van der Waals surface area contributed by atoms with E-state index in [4.69, 9.17) is 18.9 Å². The van der Waals surface area contributed by atoms with Crippen molar-refractivity contribution in [1.29, 1.82) is 0 Å². The van der Waals surface area contributed by atoms with Gasteiger partial charge in [0.2, 0.25) is 12.6 Å². The molecule has 2 aliphatic heterocycles. The molecule has 0 N–H and O–H groups in total. The number of benzene rings is 3. The maximum absolute atomic E-state index is 14.4. The predicted octanol–water partition coefficient (Wildman–Crippen LogP) is 6.50. The van der Waals surface area contributed by atoms with Crippen molar-refractivity contribution < 1.29 is 45.7 Å². The lowest BCUT2D eigenvalue weighted by Gasteiger charge is -2.16. The first-order valence-corrected chi connectivity index (χ1v) is 12.8. The second-order valence-corrected chi connectivity index (χ2v) is 9.68. The van der Waals surface area contributed by atoms with Gasteiger partial charge in [-0.2, -0.15) is 10.1 Å². The van der Waals surface area contributed by atoms with E-state index in [2.05, 4.69) is 5.10 Å². The summed E-state index contributed by atoms with van der Waals surface area (Å²) in [6.07, 6.45) is 1.37. The number of halogens is 6. The fraction of sp³-hybridized carbons (Fsp3) is 0.185. The van der Waals surface area contributed by atoms with Crippen LogP contribution in [0.25, 0.3) is 6.08 Å². The van der Waals surface area contributed by atoms with Crippen molar-refractivity contribution in [2.75, 3.05) is 18.4 Å². The van der Waals surface area contributed by atoms with Crippen molar-refractivity contribution in [1.82, 2.24) is 0 Å². The maximum atomic E-state index is 14.4. The van der Waals surface area contributed by atoms with Crippen LogP contribution >= 0.6 is 22.6 Å². The molecule has 0 unspecified atom stereocenters. The highest BCUT2D eigenvalue weighted by molar-refractivity contribution is 14.1. The van der Waals surface area contributed by atoms with Crippen molar-refractivity contribution in [3.8, 4) is 23.0 Å². The average Bonchev–Trinajstić information content (AvgIpc) is 3.50. The van der Waals surface area contributed by atoms with E-state index >= 15 is 0 Å². The summed E-state index contributed by atoms with van der Waals surface area (Å²) in [7, 11) is 0. The van der Waals surface area contributed by atoms with Gasteiger partial charge in [-0.1, -0.05) is 6.07 Å². The molecule has 0 fully saturated rings. The van der Waals surface area contributed by atoms with Gasteiger partial charge in [0.05, 0.1) is 21.5 Å². The number of ether oxygens (including phenoxy) is 4. The van der Waals surface area contributed by atoms with Crippen LogP contribution in [0.5, 0.6) is 23.0 Å². The Kier molecular flexibility index (Phi) is 7.57. The van der Waals surface area contributed by atoms with Gasteiger partial charge in [0.25, 0.3) is 5.91 Å². The van der Waals surface area contributed by atoms with E-state index in [1.165, 1.54) is 13.0 Å². The highest BCUT2D eigenvalue weighted by atomic mass is 127. The molecule has 3 aromatic rings. The zero-order chi connectivity index (χ0) is 28.7. The van der Waals surface area contributed by atoms with Gasteiger partial charge in [-0.3, -0.25) is 4.79 Å². The second-order valence-electron chi connectivity index (χ2n) is 8.52. The Morgan fingerprint density at radius 3 is 2.35 bits per heavy atom. The number of carbonyl (C=O) groups is 1. The van der Waals surface area contributed by atoms with Crippen LogP contribution in [0.4, 0.5) is 27.6 Å². The fourth-order valence-corrected chi connectivity index (χ4v) is 4.82. The van der Waals surface area contributed by atoms with Crippen molar-refractivity contribution in [3.63, 3.8) is 0 Å². The molecule has 3 aromatic carbocycles. The van der Waals surface area contributed by atoms with E-state index in [1.54, 1.807) is 31.2 Å². The van der Waals surface area contributed by atoms with Gasteiger partial charge in [0.15, 0.2) is 46.3 Å². The number of rotatable bonds is 7. The molecule has 0 radical (unpaired) electrons. The number of nitrogens with zero attached hydrogens (tertiary/aromatic N) is 2. The van der Waals surface area contributed by atoms with E-state index in [-0.39, 0.29) is 29.7 Å². The molecule has 0 aliphatic carbocycles. The largest absolute Gasteiger partial charge is 0.490 e. The lowest BCUT2D eigenvalue weighted by Crippen LogP contribution is -2.25. The van der Waals surface area contributed by atoms with Crippen molar-refractivity contribution >= 4 is 46.0 Å². The molecular weight excluding hydrogens is 654 g/mol. The molecule has 0 saturated heterocycles. The van der Waals surface area contributed by atoms with Gasteiger partial charge in [0.1, 0.15) is 12.3 Å². The summed E-state index contributed by atoms with van der Waals surface area (Å²) in [5, 5.41) is 3.92. The average molecular weight is 672 g/mol. The highest BCUT2D eigenvalue weighted by Gasteiger charge is 2.37. The minimum absolute atomic E-state index is 0.00467. The minimum Gasteiger partial charge on any atom is -0.490 e. The molecule has 13 heteroatoms. The Morgan fingerprint density at radius 1 is 0.975 bits per heavy atom. The van der Waals surface area contributed by atoms with Crippen LogP contribution in [0.15, 0.2) is 41.0 Å². The van der Waals surface area contributed by atoms with Gasteiger partial charge in [-0.15, -0.1) is 0 Å². The van der Waals surface area contributed by atoms with Crippen LogP contribution < -0.4 is 24.0 Å². The number of hydrazone groups is 1. The van der Waals surface area contributed by atoms with Crippen LogP contribution in [0.2, 0.25) is 0 Å². The molecule has 0 aromatic heterocycles. The molecule has 2 aliphatic rings. The second kappa shape index (κ2) is 10.9. The third-order valence-electron chi connectivity index (χ3n) is 5.92. The number of hydrogen-bond donors (Lipinski definition) is 0. The van der Waals surface area contributed by atoms with Crippen LogP contribution in [0.3, 0.4) is 0 Å². The van der Waals surface area contributed by atoms with Crippen LogP contribution in [0.1, 0.15) is 25.0 Å². The summed E-state index contributed by atoms with van der Waals surface area (Å²) in [6.45, 7) is 3.78. The summed E-state index contributed by atoms with van der Waals surface area (Å²) in [6, 6.07) is 8.69. The molecule has 0 atom stereocenters. The normalized spacial score (nSPS) is 15.2. The van der Waals surface area contributed by atoms with Gasteiger partial charge in [-0.05, 0) is 77.9 Å². The molecular formula is C27H18F5IN2O5. The third kappa shape index (κ3) is 4.93. The number of amides is 1. The summed E-state index contributed by atoms with van der Waals surface area (Å²) in [4.78, 5) is 13.0. The Balaban J connectivity index is 1.44. The molecule has 0 saturated carbocycles. The van der Waals surface area contributed by atoms with Crippen LogP contribution in [-0.4, -0.2) is 25.0 Å². The predicted molar refractivity (Wildman–Crippen MR) is 142 cm³/mol. The van der Waals surface area contributed by atoms with Gasteiger partial charge >= 0.3 is 0 Å². The van der Waals surface area contributed by atoms with Gasteiger partial charge in [0, 0.05) is 0 Å². The molecule has 0 bridgehead atoms. The molecule has 7 nitrogen and oxygen atoms in total. The number of carbonyl (C=O) groups excluding carboxylic acids is 1. The molecule has 208 valence electrons. The molecule has 1 amide bonds. The molecule has 5 rings (SSSR count). The van der Waals surface area contributed by atoms with E-state index in [9.17, 15) is 26.7 Å². The smallest absolute Gasteiger partial charge is 0.280 e. The first-order chi connectivity index (χ1) is 19.1. The number of hydrogen-bond acceptors (Lipinski definition) is 6. The highest BCUT2D eigenvalue weighted by Crippen LogP contribution is 2.38. The zero-order valence-corrected chi connectivity index (χ0v) is 22.9. The van der Waals surface area contributed by atoms with Crippen LogP contribution in [0, 0.1) is 32.7 Å². The van der Waals surface area contributed by atoms with Gasteiger partial charge < -0.3 is 18.9 Å². The Bertz CT molecular complexity index is 1580. The van der Waals surface area contributed by atoms with E-state index in [1.807, 2.05) is 28.7 Å². The van der Waals surface area contributed by atoms with Gasteiger partial charge in [-0.25, -0.2) is 22.0 Å². The first kappa shape index (κ1) is 27.7. The zero-order valence-electron chi connectivity index (χ0n) is 20.8. The Hall–Kier alpha value is -3.88. The first-order valence-electron chi connectivity index (χ1n) is 11.7. The Morgan fingerprint density at radius 2 is 1.65 bits per heavy atom. The lowest BCUT2D eigenvalue weighted by atomic mass is 10.1. The summed E-state index contributed by atoms with van der Waals surface area (Å²) < 4.78 is 92.8. The number of anilines is 1. The summed E-state index contributed by atoms with van der Waals surface area (Å²) >= 11 is 2.03. The van der Waals surface area contributed by atoms with E-state index in [0.29, 0.717) is 38.7 Å². The van der Waals surface area contributed by atoms with Crippen molar-refractivity contribution in [3.05, 3.63) is 79.7 Å². The molecule has 2 heterocycles. The van der Waals surface area contributed by atoms with E-state index < -0.39 is 40.7 Å². The van der Waals surface area contributed by atoms with Crippen molar-refractivity contribution in [2.24, 2.45) is 5.10 Å². The molecule has 0 spiro atoms. The molecule has 40 heavy (non-hydrogen) atoms. The Labute approximate surface area is 237 Å². The standard InChI is InChI=1S/C27H18F5IN2O5/c1-3-37-19-9-14(7-16(33)26(19)38-10-13-4-5-17-18(8-13)40-11-39-17)6-15-12(2)34-35(27(15)36)25-23(31)21(29)20(28)22(30)24(25)32/h4-9H,3,10-11H2,1-2H3/b15-6+. The van der Waals surface area contributed by atoms with Crippen LogP contribution in [-0.2, 0) is 11.4 Å². The SMILES string of the molecule is CCOc1cc(/C=C2/C(=O)N(c3c(F)c(F)c(F)c(F)c3F)N=C2C)cc(I)c1OCc1ccc2c(c1)OCO2. The lowest BCUT2D eigenvalue weighted by molar-refractivity contribution is -0.114. The monoisotopic (exact) mass is 672 g/mol. The number of fused-ring (bicyclic) bond motifs is 1. The minimum atomic E-state index is -2.33. The topological polar surface area (TPSA) is 69.6 Å². The maximum Gasteiger partial charge on any atom is 0.280 e. The van der Waals surface area contributed by atoms with E-state index in [0.717, 1.165) is 5.56 Å². The third-order valence-corrected chi connectivity index (χ3v) is 6.73. The summed E-state index contributed by atoms with van der Waals surface area (Å²) in [5.41, 5.74) is -0.298. The quantitative estimate of drug-likeness (QED) is 0.0944. The summed E-state index contributed by atoms with van der Waals surface area (Å²) in [5.74, 6) is -10.0.